The van der Waals surface area contributed by atoms with Crippen LogP contribution < -0.4 is 0 Å². The Labute approximate surface area is 73.6 Å². The quantitative estimate of drug-likeness (QED) is 0.630. The standard InChI is InChI=1S/C9H13NS/c1-7(2)9-6-8(11-3)4-5-10-9/h4-7H,1-3H3/i6D. The highest BCUT2D eigenvalue weighted by Gasteiger charge is 1.99. The van der Waals surface area contributed by atoms with Crippen molar-refractivity contribution in [3.8, 4) is 0 Å². The first-order valence-electron chi connectivity index (χ1n) is 4.16. The van der Waals surface area contributed by atoms with Gasteiger partial charge in [-0.05, 0) is 24.3 Å². The van der Waals surface area contributed by atoms with Crippen LogP contribution in [0.3, 0.4) is 0 Å². The first-order chi connectivity index (χ1) is 5.66. The fourth-order valence-corrected chi connectivity index (χ4v) is 1.20. The van der Waals surface area contributed by atoms with Crippen molar-refractivity contribution in [2.24, 2.45) is 0 Å². The molecule has 0 unspecified atom stereocenters. The van der Waals surface area contributed by atoms with Gasteiger partial charge in [-0.25, -0.2) is 0 Å². The van der Waals surface area contributed by atoms with E-state index in [1.165, 1.54) is 0 Å². The predicted octanol–water partition coefficient (Wildman–Crippen LogP) is 2.93. The second-order valence-corrected chi connectivity index (χ2v) is 3.53. The molecule has 0 radical (unpaired) electrons. The Kier molecular flexibility index (Phi) is 2.45. The Hall–Kier alpha value is -0.500. The van der Waals surface area contributed by atoms with Crippen molar-refractivity contribution < 1.29 is 1.37 Å². The van der Waals surface area contributed by atoms with Gasteiger partial charge >= 0.3 is 0 Å². The first kappa shape index (κ1) is 7.17. The van der Waals surface area contributed by atoms with E-state index in [9.17, 15) is 0 Å². The molecule has 1 heterocycles. The fraction of sp³-hybridized carbons (Fsp3) is 0.444. The molecule has 0 aliphatic carbocycles. The Morgan fingerprint density at radius 3 is 2.91 bits per heavy atom. The maximum absolute atomic E-state index is 7.79. The highest BCUT2D eigenvalue weighted by molar-refractivity contribution is 7.98. The van der Waals surface area contributed by atoms with E-state index in [1.807, 2.05) is 12.3 Å². The minimum Gasteiger partial charge on any atom is -0.261 e. The van der Waals surface area contributed by atoms with Crippen molar-refractivity contribution in [2.75, 3.05) is 6.26 Å². The van der Waals surface area contributed by atoms with Crippen LogP contribution in [-0.2, 0) is 0 Å². The topological polar surface area (TPSA) is 12.9 Å². The van der Waals surface area contributed by atoms with Crippen LogP contribution in [0.15, 0.2) is 23.2 Å². The average molecular weight is 168 g/mol. The maximum Gasteiger partial charge on any atom is 0.0654 e. The molecule has 1 nitrogen and oxygen atoms in total. The molecule has 0 amide bonds. The number of hydrogen-bond acceptors (Lipinski definition) is 2. The lowest BCUT2D eigenvalue weighted by atomic mass is 10.1. The average Bonchev–Trinajstić information content (AvgIpc) is 2.04. The molecule has 1 aromatic rings. The molecule has 2 heteroatoms. The zero-order valence-corrected chi connectivity index (χ0v) is 7.90. The van der Waals surface area contributed by atoms with E-state index < -0.39 is 0 Å². The number of thioether (sulfide) groups is 1. The van der Waals surface area contributed by atoms with Gasteiger partial charge in [-0.1, -0.05) is 13.8 Å². The summed E-state index contributed by atoms with van der Waals surface area (Å²) in [6.07, 6.45) is 3.76. The Balaban J connectivity index is 3.14. The van der Waals surface area contributed by atoms with Crippen LogP contribution >= 0.6 is 11.8 Å². The number of rotatable bonds is 2. The summed E-state index contributed by atoms with van der Waals surface area (Å²) in [6, 6.07) is 2.47. The lowest BCUT2D eigenvalue weighted by Gasteiger charge is -2.04. The first-order valence-corrected chi connectivity index (χ1v) is 4.88. The lowest BCUT2D eigenvalue weighted by Crippen LogP contribution is -1.90. The van der Waals surface area contributed by atoms with E-state index in [2.05, 4.69) is 18.8 Å². The van der Waals surface area contributed by atoms with Gasteiger partial charge in [0.15, 0.2) is 0 Å². The number of aromatic nitrogens is 1. The SMILES string of the molecule is [2H]c1c(SC)ccnc1C(C)C. The summed E-state index contributed by atoms with van der Waals surface area (Å²) in [5.74, 6) is 0.338. The van der Waals surface area contributed by atoms with E-state index in [0.29, 0.717) is 12.0 Å². The molecule has 1 aromatic heterocycles. The molecule has 0 aromatic carbocycles. The molecule has 1 rings (SSSR count). The summed E-state index contributed by atoms with van der Waals surface area (Å²) in [4.78, 5) is 5.19. The maximum atomic E-state index is 7.79. The summed E-state index contributed by atoms with van der Waals surface area (Å²) < 4.78 is 7.79. The van der Waals surface area contributed by atoms with Crippen LogP contribution in [0.2, 0.25) is 0 Å². The molecule has 11 heavy (non-hydrogen) atoms. The highest BCUT2D eigenvalue weighted by Crippen LogP contribution is 2.18. The summed E-state index contributed by atoms with van der Waals surface area (Å²) in [7, 11) is 0. The predicted molar refractivity (Wildman–Crippen MR) is 50.1 cm³/mol. The van der Waals surface area contributed by atoms with Gasteiger partial charge in [0.2, 0.25) is 0 Å². The van der Waals surface area contributed by atoms with Crippen molar-refractivity contribution >= 4 is 11.8 Å². The van der Waals surface area contributed by atoms with Crippen LogP contribution in [0.5, 0.6) is 0 Å². The molecule has 0 atom stereocenters. The van der Waals surface area contributed by atoms with Gasteiger partial charge in [-0.15, -0.1) is 11.8 Å². The smallest absolute Gasteiger partial charge is 0.0654 e. The normalized spacial score (nSPS) is 11.8. The number of hydrogen-bond donors (Lipinski definition) is 0. The molecule has 0 saturated heterocycles. The zero-order chi connectivity index (χ0) is 9.14. The molecular weight excluding hydrogens is 154 g/mol. The van der Waals surface area contributed by atoms with Crippen molar-refractivity contribution in [2.45, 2.75) is 24.7 Å². The summed E-state index contributed by atoms with van der Waals surface area (Å²) in [5.41, 5.74) is 0.891. The Bertz CT molecular complexity index is 273. The molecule has 0 aliphatic rings. The minimum absolute atomic E-state index is 0.338. The molecule has 0 aliphatic heterocycles. The number of pyridine rings is 1. The second-order valence-electron chi connectivity index (χ2n) is 2.68. The Morgan fingerprint density at radius 2 is 2.36 bits per heavy atom. The van der Waals surface area contributed by atoms with Crippen LogP contribution in [0.25, 0.3) is 0 Å². The van der Waals surface area contributed by atoms with Gasteiger partial charge in [0, 0.05) is 16.8 Å². The number of nitrogens with zero attached hydrogens (tertiary/aromatic N) is 1. The van der Waals surface area contributed by atoms with E-state index in [-0.39, 0.29) is 0 Å². The fourth-order valence-electron chi connectivity index (χ4n) is 0.798. The second kappa shape index (κ2) is 3.77. The Morgan fingerprint density at radius 1 is 1.64 bits per heavy atom. The summed E-state index contributed by atoms with van der Waals surface area (Å²) in [5, 5.41) is 0. The third-order valence-electron chi connectivity index (χ3n) is 1.46. The minimum atomic E-state index is 0.338. The third kappa shape index (κ3) is 2.22. The molecule has 0 spiro atoms. The lowest BCUT2D eigenvalue weighted by molar-refractivity contribution is 0.817. The van der Waals surface area contributed by atoms with Gasteiger partial charge < -0.3 is 0 Å². The van der Waals surface area contributed by atoms with Gasteiger partial charge in [-0.3, -0.25) is 4.98 Å². The van der Waals surface area contributed by atoms with E-state index in [4.69, 9.17) is 1.37 Å². The van der Waals surface area contributed by atoms with Gasteiger partial charge in [0.05, 0.1) is 1.37 Å². The largest absolute Gasteiger partial charge is 0.261 e. The molecule has 0 N–H and O–H groups in total. The van der Waals surface area contributed by atoms with Gasteiger partial charge in [-0.2, -0.15) is 0 Å². The van der Waals surface area contributed by atoms with Crippen molar-refractivity contribution in [3.05, 3.63) is 24.0 Å². The van der Waals surface area contributed by atoms with Gasteiger partial charge in [0.25, 0.3) is 0 Å². The molecule has 0 saturated carbocycles. The third-order valence-corrected chi connectivity index (χ3v) is 2.14. The molecular formula is C9H13NS. The van der Waals surface area contributed by atoms with Crippen LogP contribution in [-0.4, -0.2) is 11.2 Å². The molecule has 0 bridgehead atoms. The van der Waals surface area contributed by atoms with Crippen LogP contribution in [0, 0.1) is 0 Å². The van der Waals surface area contributed by atoms with E-state index in [1.54, 1.807) is 18.0 Å². The van der Waals surface area contributed by atoms with Crippen LogP contribution in [0.1, 0.15) is 26.8 Å². The van der Waals surface area contributed by atoms with Crippen LogP contribution in [0.4, 0.5) is 0 Å². The molecule has 60 valence electrons. The monoisotopic (exact) mass is 168 g/mol. The summed E-state index contributed by atoms with van der Waals surface area (Å²) in [6.45, 7) is 4.12. The van der Waals surface area contributed by atoms with Crippen molar-refractivity contribution in [1.82, 2.24) is 4.98 Å². The molecule has 0 fully saturated rings. The zero-order valence-electron chi connectivity index (χ0n) is 8.09. The summed E-state index contributed by atoms with van der Waals surface area (Å²) >= 11 is 1.60. The highest BCUT2D eigenvalue weighted by atomic mass is 32.2. The van der Waals surface area contributed by atoms with E-state index in [0.717, 1.165) is 10.6 Å². The van der Waals surface area contributed by atoms with Crippen molar-refractivity contribution in [1.29, 1.82) is 0 Å². The van der Waals surface area contributed by atoms with E-state index >= 15 is 0 Å². The van der Waals surface area contributed by atoms with Crippen molar-refractivity contribution in [3.63, 3.8) is 0 Å². The van der Waals surface area contributed by atoms with Gasteiger partial charge in [0.1, 0.15) is 0 Å².